The Morgan fingerprint density at radius 2 is 2.08 bits per heavy atom. The van der Waals surface area contributed by atoms with Crippen LogP contribution >= 0.6 is 11.6 Å². The Hall–Kier alpha value is 0.210. The van der Waals surface area contributed by atoms with Crippen LogP contribution in [0.4, 0.5) is 0 Å². The van der Waals surface area contributed by atoms with E-state index in [0.29, 0.717) is 18.0 Å². The zero-order chi connectivity index (χ0) is 9.52. The van der Waals surface area contributed by atoms with Gasteiger partial charge in [-0.25, -0.2) is 0 Å². The molecule has 0 aliphatic heterocycles. The van der Waals surface area contributed by atoms with Crippen molar-refractivity contribution in [1.82, 2.24) is 5.32 Å². The van der Waals surface area contributed by atoms with Crippen LogP contribution in [0.25, 0.3) is 0 Å². The molecule has 0 saturated heterocycles. The summed E-state index contributed by atoms with van der Waals surface area (Å²) in [4.78, 5) is 0. The van der Waals surface area contributed by atoms with Crippen molar-refractivity contribution >= 4 is 11.6 Å². The van der Waals surface area contributed by atoms with Crippen LogP contribution in [-0.4, -0.2) is 31.7 Å². The van der Waals surface area contributed by atoms with Crippen molar-refractivity contribution in [3.63, 3.8) is 0 Å². The quantitative estimate of drug-likeness (QED) is 0.695. The average Bonchev–Trinajstić information content (AvgIpc) is 2.19. The summed E-state index contributed by atoms with van der Waals surface area (Å²) in [6.07, 6.45) is 6.72. The molecule has 0 heterocycles. The van der Waals surface area contributed by atoms with E-state index in [1.165, 1.54) is 32.1 Å². The van der Waals surface area contributed by atoms with Crippen molar-refractivity contribution in [3.8, 4) is 0 Å². The van der Waals surface area contributed by atoms with E-state index in [1.54, 1.807) is 7.11 Å². The van der Waals surface area contributed by atoms with Crippen molar-refractivity contribution in [2.45, 2.75) is 44.2 Å². The summed E-state index contributed by atoms with van der Waals surface area (Å²) in [5.41, 5.74) is 0. The molecular formula is C10H20ClNO. The van der Waals surface area contributed by atoms with Gasteiger partial charge in [-0.3, -0.25) is 0 Å². The predicted molar refractivity (Wildman–Crippen MR) is 56.4 cm³/mol. The van der Waals surface area contributed by atoms with E-state index in [1.807, 2.05) is 0 Å². The first kappa shape index (κ1) is 11.3. The lowest BCUT2D eigenvalue weighted by Crippen LogP contribution is -2.43. The van der Waals surface area contributed by atoms with E-state index in [-0.39, 0.29) is 0 Å². The Kier molecular flexibility index (Phi) is 5.76. The minimum atomic E-state index is 0.328. The van der Waals surface area contributed by atoms with Gasteiger partial charge in [0.15, 0.2) is 0 Å². The molecule has 0 spiro atoms. The Morgan fingerprint density at radius 3 is 2.62 bits per heavy atom. The molecule has 1 fully saturated rings. The molecule has 1 unspecified atom stereocenters. The van der Waals surface area contributed by atoms with E-state index in [0.717, 1.165) is 6.61 Å². The molecule has 78 valence electrons. The van der Waals surface area contributed by atoms with E-state index in [9.17, 15) is 0 Å². The van der Waals surface area contributed by atoms with Gasteiger partial charge in [-0.15, -0.1) is 11.6 Å². The number of halogens is 1. The maximum Gasteiger partial charge on any atom is 0.0627 e. The van der Waals surface area contributed by atoms with Crippen molar-refractivity contribution in [1.29, 1.82) is 0 Å². The maximum absolute atomic E-state index is 5.82. The molecule has 0 amide bonds. The van der Waals surface area contributed by atoms with Crippen molar-refractivity contribution in [2.24, 2.45) is 0 Å². The molecule has 0 aromatic carbocycles. The molecule has 1 aliphatic carbocycles. The summed E-state index contributed by atoms with van der Waals surface area (Å²) in [5, 5.41) is 3.55. The molecule has 1 saturated carbocycles. The number of alkyl halides is 1. The Balaban J connectivity index is 2.18. The molecule has 1 aliphatic rings. The lowest BCUT2D eigenvalue weighted by atomic mass is 9.95. The van der Waals surface area contributed by atoms with Gasteiger partial charge in [0.1, 0.15) is 0 Å². The van der Waals surface area contributed by atoms with Gasteiger partial charge in [0, 0.05) is 25.1 Å². The van der Waals surface area contributed by atoms with Gasteiger partial charge in [-0.1, -0.05) is 19.3 Å². The van der Waals surface area contributed by atoms with Crippen LogP contribution in [0.5, 0.6) is 0 Å². The highest BCUT2D eigenvalue weighted by Crippen LogP contribution is 2.17. The van der Waals surface area contributed by atoms with Gasteiger partial charge in [-0.2, -0.15) is 0 Å². The summed E-state index contributed by atoms with van der Waals surface area (Å²) >= 11 is 5.82. The minimum Gasteiger partial charge on any atom is -0.383 e. The number of nitrogens with one attached hydrogen (secondary N) is 1. The zero-order valence-corrected chi connectivity index (χ0v) is 9.15. The summed E-state index contributed by atoms with van der Waals surface area (Å²) in [6, 6.07) is 1.00. The van der Waals surface area contributed by atoms with Gasteiger partial charge in [-0.05, 0) is 12.8 Å². The molecular weight excluding hydrogens is 186 g/mol. The molecule has 3 heteroatoms. The second-order valence-corrected chi connectivity index (χ2v) is 4.12. The van der Waals surface area contributed by atoms with E-state index in [4.69, 9.17) is 16.3 Å². The third-order valence-electron chi connectivity index (χ3n) is 2.63. The molecule has 0 radical (unpaired) electrons. The van der Waals surface area contributed by atoms with Crippen LogP contribution in [0, 0.1) is 0 Å². The summed E-state index contributed by atoms with van der Waals surface area (Å²) in [7, 11) is 1.72. The van der Waals surface area contributed by atoms with Crippen molar-refractivity contribution in [3.05, 3.63) is 0 Å². The summed E-state index contributed by atoms with van der Waals surface area (Å²) in [5.74, 6) is 0.643. The second-order valence-electron chi connectivity index (χ2n) is 3.81. The molecule has 13 heavy (non-hydrogen) atoms. The number of methoxy groups -OCH3 is 1. The predicted octanol–water partition coefficient (Wildman–Crippen LogP) is 2.16. The van der Waals surface area contributed by atoms with Crippen LogP contribution in [-0.2, 0) is 4.74 Å². The largest absolute Gasteiger partial charge is 0.383 e. The highest BCUT2D eigenvalue weighted by molar-refractivity contribution is 6.18. The molecule has 1 N–H and O–H groups in total. The molecule has 1 atom stereocenters. The van der Waals surface area contributed by atoms with E-state index in [2.05, 4.69) is 5.32 Å². The van der Waals surface area contributed by atoms with E-state index < -0.39 is 0 Å². The third-order valence-corrected chi connectivity index (χ3v) is 3.00. The summed E-state index contributed by atoms with van der Waals surface area (Å²) in [6.45, 7) is 0.722. The van der Waals surface area contributed by atoms with Gasteiger partial charge in [0.05, 0.1) is 6.61 Å². The lowest BCUT2D eigenvalue weighted by molar-refractivity contribution is 0.163. The SMILES string of the molecule is COCC(CCl)NC1CCCCC1. The smallest absolute Gasteiger partial charge is 0.0627 e. The summed E-state index contributed by atoms with van der Waals surface area (Å²) < 4.78 is 5.09. The van der Waals surface area contributed by atoms with Crippen LogP contribution in [0.15, 0.2) is 0 Å². The fourth-order valence-electron chi connectivity index (χ4n) is 1.94. The standard InChI is InChI=1S/C10H20ClNO/c1-13-8-10(7-11)12-9-5-3-2-4-6-9/h9-10,12H,2-8H2,1H3. The second kappa shape index (κ2) is 6.63. The first-order valence-corrected chi connectivity index (χ1v) is 5.71. The maximum atomic E-state index is 5.82. The monoisotopic (exact) mass is 205 g/mol. The van der Waals surface area contributed by atoms with Gasteiger partial charge in [0.25, 0.3) is 0 Å². The first-order chi connectivity index (χ1) is 6.36. The number of hydrogen-bond acceptors (Lipinski definition) is 2. The average molecular weight is 206 g/mol. The van der Waals surface area contributed by atoms with Crippen LogP contribution in [0.3, 0.4) is 0 Å². The van der Waals surface area contributed by atoms with Crippen molar-refractivity contribution in [2.75, 3.05) is 19.6 Å². The van der Waals surface area contributed by atoms with Gasteiger partial charge < -0.3 is 10.1 Å². The molecule has 0 bridgehead atoms. The third kappa shape index (κ3) is 4.30. The number of ether oxygens (including phenoxy) is 1. The Bertz CT molecular complexity index is 123. The van der Waals surface area contributed by atoms with Gasteiger partial charge >= 0.3 is 0 Å². The van der Waals surface area contributed by atoms with Crippen LogP contribution < -0.4 is 5.32 Å². The van der Waals surface area contributed by atoms with Crippen LogP contribution in [0.1, 0.15) is 32.1 Å². The number of rotatable bonds is 5. The molecule has 2 nitrogen and oxygen atoms in total. The fraction of sp³-hybridized carbons (Fsp3) is 1.00. The normalized spacial score (nSPS) is 21.7. The zero-order valence-electron chi connectivity index (χ0n) is 8.39. The van der Waals surface area contributed by atoms with Gasteiger partial charge in [0.2, 0.25) is 0 Å². The van der Waals surface area contributed by atoms with Crippen molar-refractivity contribution < 1.29 is 4.74 Å². The molecule has 1 rings (SSSR count). The van der Waals surface area contributed by atoms with Crippen LogP contribution in [0.2, 0.25) is 0 Å². The Labute approximate surface area is 86.0 Å². The first-order valence-electron chi connectivity index (χ1n) is 5.17. The topological polar surface area (TPSA) is 21.3 Å². The van der Waals surface area contributed by atoms with E-state index >= 15 is 0 Å². The highest BCUT2D eigenvalue weighted by atomic mass is 35.5. The number of hydrogen-bond donors (Lipinski definition) is 1. The Morgan fingerprint density at radius 1 is 1.38 bits per heavy atom. The highest BCUT2D eigenvalue weighted by Gasteiger charge is 2.16. The lowest BCUT2D eigenvalue weighted by Gasteiger charge is -2.27. The molecule has 0 aromatic heterocycles. The minimum absolute atomic E-state index is 0.328. The fourth-order valence-corrected chi connectivity index (χ4v) is 2.12. The molecule has 0 aromatic rings.